The van der Waals surface area contributed by atoms with Crippen molar-refractivity contribution in [2.75, 3.05) is 5.32 Å². The lowest BCUT2D eigenvalue weighted by Gasteiger charge is -2.06. The molecule has 2 N–H and O–H groups in total. The third kappa shape index (κ3) is 11.5. The number of benzene rings is 1. The zero-order valence-electron chi connectivity index (χ0n) is 19.2. The second-order valence-corrected chi connectivity index (χ2v) is 8.30. The number of unbranched alkanes of at least 4 members (excludes halogenated alkanes) is 11. The highest BCUT2D eigenvalue weighted by Crippen LogP contribution is 2.19. The van der Waals surface area contributed by atoms with Crippen LogP contribution in [0.3, 0.4) is 0 Å². The van der Waals surface area contributed by atoms with E-state index in [0.717, 1.165) is 24.1 Å². The number of rotatable bonds is 17. The number of amides is 1. The summed E-state index contributed by atoms with van der Waals surface area (Å²) in [4.78, 5) is 16.3. The molecule has 0 radical (unpaired) electrons. The monoisotopic (exact) mass is 424 g/mol. The number of nitrogens with zero attached hydrogens (tertiary/aromatic N) is 2. The van der Waals surface area contributed by atoms with E-state index in [0.29, 0.717) is 12.2 Å². The van der Waals surface area contributed by atoms with Crippen molar-refractivity contribution in [3.8, 4) is 11.4 Å². The Morgan fingerprint density at radius 1 is 0.935 bits per heavy atom. The molecule has 0 fully saturated rings. The summed E-state index contributed by atoms with van der Waals surface area (Å²) in [5, 5.41) is 9.69. The van der Waals surface area contributed by atoms with Crippen molar-refractivity contribution >= 4 is 11.6 Å². The van der Waals surface area contributed by atoms with Crippen molar-refractivity contribution in [3.63, 3.8) is 0 Å². The van der Waals surface area contributed by atoms with Gasteiger partial charge in [0.2, 0.25) is 5.91 Å². The summed E-state index contributed by atoms with van der Waals surface area (Å²) in [7, 11) is 0. The molecule has 31 heavy (non-hydrogen) atoms. The quantitative estimate of drug-likeness (QED) is 0.205. The lowest BCUT2D eigenvalue weighted by molar-refractivity contribution is -0.116. The summed E-state index contributed by atoms with van der Waals surface area (Å²) in [6, 6.07) is 7.67. The summed E-state index contributed by atoms with van der Waals surface area (Å²) in [6.45, 7) is 2.27. The second kappa shape index (κ2) is 16.3. The van der Waals surface area contributed by atoms with Crippen molar-refractivity contribution in [3.05, 3.63) is 42.7 Å². The van der Waals surface area contributed by atoms with Gasteiger partial charge in [-0.2, -0.15) is 5.10 Å². The first-order valence-electron chi connectivity index (χ1n) is 12.2. The summed E-state index contributed by atoms with van der Waals surface area (Å²) < 4.78 is 0. The van der Waals surface area contributed by atoms with Gasteiger partial charge in [-0.1, -0.05) is 82.6 Å². The normalized spacial score (nSPS) is 11.3. The fraction of sp³-hybridized carbons (Fsp3) is 0.577. The molecular formula is C26H40N4O. The van der Waals surface area contributed by atoms with Crippen LogP contribution in [0.15, 0.2) is 42.7 Å². The van der Waals surface area contributed by atoms with Crippen LogP contribution in [0.5, 0.6) is 0 Å². The van der Waals surface area contributed by atoms with Gasteiger partial charge in [0.25, 0.3) is 0 Å². The second-order valence-electron chi connectivity index (χ2n) is 8.30. The smallest absolute Gasteiger partial charge is 0.224 e. The van der Waals surface area contributed by atoms with Crippen LogP contribution in [0, 0.1) is 0 Å². The Hall–Kier alpha value is -2.43. The minimum absolute atomic E-state index is 0.0762. The zero-order chi connectivity index (χ0) is 22.0. The number of allylic oxidation sites excluding steroid dienone is 2. The largest absolute Gasteiger partial charge is 0.326 e. The summed E-state index contributed by atoms with van der Waals surface area (Å²) in [6.07, 6.45) is 23.2. The van der Waals surface area contributed by atoms with Gasteiger partial charge in [-0.25, -0.2) is 4.98 Å². The van der Waals surface area contributed by atoms with Crippen LogP contribution < -0.4 is 5.32 Å². The minimum Gasteiger partial charge on any atom is -0.326 e. The molecule has 0 atom stereocenters. The van der Waals surface area contributed by atoms with Crippen LogP contribution in [-0.4, -0.2) is 21.1 Å². The Kier molecular flexibility index (Phi) is 13.0. The number of carbonyl (C=O) groups excluding carboxylic acids is 1. The van der Waals surface area contributed by atoms with E-state index in [4.69, 9.17) is 0 Å². The van der Waals surface area contributed by atoms with E-state index in [1.807, 2.05) is 24.3 Å². The molecule has 0 aliphatic heterocycles. The minimum atomic E-state index is 0.0762. The number of nitrogens with one attached hydrogen (secondary N) is 2. The van der Waals surface area contributed by atoms with Crippen LogP contribution in [0.1, 0.15) is 96.8 Å². The van der Waals surface area contributed by atoms with Gasteiger partial charge in [-0.3, -0.25) is 9.89 Å². The predicted molar refractivity (Wildman–Crippen MR) is 130 cm³/mol. The average molecular weight is 425 g/mol. The first-order chi connectivity index (χ1) is 15.3. The molecule has 0 bridgehead atoms. The molecule has 0 saturated carbocycles. The maximum atomic E-state index is 12.2. The highest BCUT2D eigenvalue weighted by molar-refractivity contribution is 5.91. The maximum Gasteiger partial charge on any atom is 0.224 e. The number of aromatic nitrogens is 3. The van der Waals surface area contributed by atoms with Crippen molar-refractivity contribution in [1.29, 1.82) is 0 Å². The Labute approximate surface area is 188 Å². The van der Waals surface area contributed by atoms with E-state index in [9.17, 15) is 4.79 Å². The third-order valence-electron chi connectivity index (χ3n) is 5.50. The van der Waals surface area contributed by atoms with Gasteiger partial charge >= 0.3 is 0 Å². The molecule has 1 aromatic heterocycles. The number of hydrogen-bond donors (Lipinski definition) is 2. The van der Waals surface area contributed by atoms with Gasteiger partial charge < -0.3 is 5.32 Å². The fourth-order valence-electron chi connectivity index (χ4n) is 3.67. The summed E-state index contributed by atoms with van der Waals surface area (Å²) in [5.74, 6) is 0.778. The first kappa shape index (κ1) is 24.8. The van der Waals surface area contributed by atoms with Gasteiger partial charge in [-0.15, -0.1) is 0 Å². The van der Waals surface area contributed by atoms with Crippen LogP contribution >= 0.6 is 0 Å². The number of carbonyl (C=O) groups is 1. The molecule has 5 nitrogen and oxygen atoms in total. The van der Waals surface area contributed by atoms with Crippen LogP contribution in [0.4, 0.5) is 5.69 Å². The van der Waals surface area contributed by atoms with E-state index in [-0.39, 0.29) is 5.91 Å². The molecule has 0 saturated heterocycles. The Morgan fingerprint density at radius 3 is 2.29 bits per heavy atom. The van der Waals surface area contributed by atoms with Crippen LogP contribution in [0.25, 0.3) is 11.4 Å². The number of aromatic amines is 1. The van der Waals surface area contributed by atoms with Crippen LogP contribution in [0.2, 0.25) is 0 Å². The topological polar surface area (TPSA) is 70.7 Å². The fourth-order valence-corrected chi connectivity index (χ4v) is 3.67. The predicted octanol–water partition coefficient (Wildman–Crippen LogP) is 7.45. The zero-order valence-corrected chi connectivity index (χ0v) is 19.2. The van der Waals surface area contributed by atoms with Crippen molar-refractivity contribution in [1.82, 2.24) is 15.2 Å². The van der Waals surface area contributed by atoms with E-state index in [1.165, 1.54) is 77.0 Å². The Balaban J connectivity index is 1.44. The summed E-state index contributed by atoms with van der Waals surface area (Å²) >= 11 is 0. The number of H-pyrrole nitrogens is 1. The van der Waals surface area contributed by atoms with Crippen LogP contribution in [-0.2, 0) is 4.79 Å². The van der Waals surface area contributed by atoms with Crippen molar-refractivity contribution in [2.24, 2.45) is 0 Å². The molecule has 2 rings (SSSR count). The van der Waals surface area contributed by atoms with Gasteiger partial charge in [0.05, 0.1) is 0 Å². The van der Waals surface area contributed by atoms with Crippen molar-refractivity contribution in [2.45, 2.75) is 96.8 Å². The van der Waals surface area contributed by atoms with Gasteiger partial charge in [0, 0.05) is 17.7 Å². The molecule has 0 unspecified atom stereocenters. The van der Waals surface area contributed by atoms with Gasteiger partial charge in [-0.05, 0) is 44.2 Å². The average Bonchev–Trinajstić information content (AvgIpc) is 3.32. The third-order valence-corrected chi connectivity index (χ3v) is 5.50. The molecule has 170 valence electrons. The molecule has 1 amide bonds. The van der Waals surface area contributed by atoms with E-state index in [1.54, 1.807) is 0 Å². The first-order valence-corrected chi connectivity index (χ1v) is 12.2. The molecule has 0 spiro atoms. The maximum absolute atomic E-state index is 12.2. The van der Waals surface area contributed by atoms with Gasteiger partial charge in [0.1, 0.15) is 6.33 Å². The number of hydrogen-bond acceptors (Lipinski definition) is 3. The van der Waals surface area contributed by atoms with E-state index >= 15 is 0 Å². The summed E-state index contributed by atoms with van der Waals surface area (Å²) in [5.41, 5.74) is 1.71. The molecule has 5 heteroatoms. The highest BCUT2D eigenvalue weighted by atomic mass is 16.1. The molecule has 1 aromatic carbocycles. The molecule has 0 aliphatic carbocycles. The standard InChI is InChI=1S/C26H40N4O/c1-2-3-4-5-6-7-8-9-10-11-12-13-14-15-16-20-25(31)29-24-19-17-18-23(21-24)26-27-22-28-30-26/h9-10,17-19,21-22H,2-8,11-16,20H2,1H3,(H,29,31)(H,27,28,30)/b10-9-. The highest BCUT2D eigenvalue weighted by Gasteiger charge is 2.05. The Morgan fingerprint density at radius 2 is 1.61 bits per heavy atom. The lowest BCUT2D eigenvalue weighted by Crippen LogP contribution is -2.11. The van der Waals surface area contributed by atoms with E-state index in [2.05, 4.69) is 39.6 Å². The Bertz CT molecular complexity index is 740. The molecular weight excluding hydrogens is 384 g/mol. The lowest BCUT2D eigenvalue weighted by atomic mass is 10.1. The number of anilines is 1. The van der Waals surface area contributed by atoms with E-state index < -0.39 is 0 Å². The molecule has 1 heterocycles. The van der Waals surface area contributed by atoms with Crippen molar-refractivity contribution < 1.29 is 4.79 Å². The SMILES string of the molecule is CCCCCCCC/C=C\CCCCCCCC(=O)Nc1cccc(-c2ncn[nH]2)c1. The molecule has 0 aliphatic rings. The molecule has 2 aromatic rings. The van der Waals surface area contributed by atoms with Gasteiger partial charge in [0.15, 0.2) is 5.82 Å².